The number of hydrogen-bond donors (Lipinski definition) is 0. The lowest BCUT2D eigenvalue weighted by Gasteiger charge is -2.36. The number of aldehydes is 1. The number of rotatable bonds is 7. The monoisotopic (exact) mass is 398 g/mol. The molecule has 0 atom stereocenters. The standard InChI is InChI=1S/C23H30N2O2S/c1-17(2)14-25(15-22-18(3)10-13-28-22)23(27)20-8-11-24(12-9-20)21-6-4-19(16-26)5-7-21/h4-7,10,13,16-17,20H,8-9,11-12,14-15H2,1-3H3. The third kappa shape index (κ3) is 5.02. The molecule has 0 spiro atoms. The molecule has 1 amide bonds. The predicted molar refractivity (Wildman–Crippen MR) is 116 cm³/mol. The maximum absolute atomic E-state index is 13.3. The van der Waals surface area contributed by atoms with Crippen LogP contribution in [0.15, 0.2) is 35.7 Å². The summed E-state index contributed by atoms with van der Waals surface area (Å²) in [7, 11) is 0. The molecule has 28 heavy (non-hydrogen) atoms. The topological polar surface area (TPSA) is 40.6 Å². The number of amides is 1. The number of anilines is 1. The number of hydrogen-bond acceptors (Lipinski definition) is 4. The summed E-state index contributed by atoms with van der Waals surface area (Å²) in [6, 6.07) is 9.83. The molecule has 2 aromatic rings. The van der Waals surface area contributed by atoms with E-state index in [2.05, 4.69) is 42.0 Å². The molecule has 4 nitrogen and oxygen atoms in total. The lowest BCUT2D eigenvalue weighted by atomic mass is 9.94. The summed E-state index contributed by atoms with van der Waals surface area (Å²) in [4.78, 5) is 29.8. The van der Waals surface area contributed by atoms with Gasteiger partial charge in [-0.15, -0.1) is 11.3 Å². The van der Waals surface area contributed by atoms with Crippen molar-refractivity contribution in [2.45, 2.75) is 40.2 Å². The Morgan fingerprint density at radius 2 is 1.89 bits per heavy atom. The zero-order valence-corrected chi connectivity index (χ0v) is 17.9. The summed E-state index contributed by atoms with van der Waals surface area (Å²) in [6.07, 6.45) is 2.63. The number of carbonyl (C=O) groups is 2. The van der Waals surface area contributed by atoms with E-state index in [1.807, 2.05) is 24.3 Å². The third-order valence-corrected chi connectivity index (χ3v) is 6.45. The summed E-state index contributed by atoms with van der Waals surface area (Å²) in [5.74, 6) is 0.864. The highest BCUT2D eigenvalue weighted by molar-refractivity contribution is 7.10. The second-order valence-electron chi connectivity index (χ2n) is 8.11. The normalized spacial score (nSPS) is 15.1. The maximum Gasteiger partial charge on any atom is 0.226 e. The predicted octanol–water partition coefficient (Wildman–Crippen LogP) is 4.77. The van der Waals surface area contributed by atoms with E-state index in [4.69, 9.17) is 0 Å². The van der Waals surface area contributed by atoms with Gasteiger partial charge in [-0.25, -0.2) is 0 Å². The van der Waals surface area contributed by atoms with Gasteiger partial charge in [-0.2, -0.15) is 0 Å². The van der Waals surface area contributed by atoms with E-state index in [0.717, 1.165) is 51.0 Å². The molecule has 1 aromatic heterocycles. The molecular weight excluding hydrogens is 368 g/mol. The van der Waals surface area contributed by atoms with Gasteiger partial charge in [0.05, 0.1) is 6.54 Å². The Kier molecular flexibility index (Phi) is 6.89. The minimum Gasteiger partial charge on any atom is -0.371 e. The van der Waals surface area contributed by atoms with Crippen molar-refractivity contribution in [2.75, 3.05) is 24.5 Å². The number of nitrogens with zero attached hydrogens (tertiary/aromatic N) is 2. The van der Waals surface area contributed by atoms with Crippen molar-refractivity contribution < 1.29 is 9.59 Å². The van der Waals surface area contributed by atoms with Crippen LogP contribution in [0.3, 0.4) is 0 Å². The van der Waals surface area contributed by atoms with Gasteiger partial charge in [0, 0.05) is 41.7 Å². The van der Waals surface area contributed by atoms with Gasteiger partial charge in [0.1, 0.15) is 6.29 Å². The first-order valence-electron chi connectivity index (χ1n) is 10.1. The van der Waals surface area contributed by atoms with Gasteiger partial charge in [-0.1, -0.05) is 13.8 Å². The molecule has 0 saturated carbocycles. The number of thiophene rings is 1. The van der Waals surface area contributed by atoms with Crippen LogP contribution in [0.2, 0.25) is 0 Å². The van der Waals surface area contributed by atoms with E-state index in [1.54, 1.807) is 11.3 Å². The minimum atomic E-state index is 0.101. The zero-order valence-electron chi connectivity index (χ0n) is 17.1. The van der Waals surface area contributed by atoms with E-state index in [1.165, 1.54) is 10.4 Å². The van der Waals surface area contributed by atoms with Crippen LogP contribution >= 0.6 is 11.3 Å². The summed E-state index contributed by atoms with van der Waals surface area (Å²) in [5, 5.41) is 2.11. The lowest BCUT2D eigenvalue weighted by molar-refractivity contribution is -0.137. The Labute approximate surface area is 172 Å². The number of carbonyl (C=O) groups excluding carboxylic acids is 2. The third-order valence-electron chi connectivity index (χ3n) is 5.44. The Bertz CT molecular complexity index is 789. The average molecular weight is 399 g/mol. The van der Waals surface area contributed by atoms with Gasteiger partial charge in [-0.3, -0.25) is 9.59 Å². The molecular formula is C23H30N2O2S. The Hall–Kier alpha value is -2.14. The molecule has 1 aromatic carbocycles. The van der Waals surface area contributed by atoms with Crippen molar-refractivity contribution in [1.29, 1.82) is 0 Å². The SMILES string of the molecule is Cc1ccsc1CN(CC(C)C)C(=O)C1CCN(c2ccc(C=O)cc2)CC1. The van der Waals surface area contributed by atoms with E-state index in [9.17, 15) is 9.59 Å². The molecule has 1 aliphatic heterocycles. The van der Waals surface area contributed by atoms with Crippen molar-refractivity contribution in [3.8, 4) is 0 Å². The Morgan fingerprint density at radius 1 is 1.21 bits per heavy atom. The molecule has 1 fully saturated rings. The molecule has 1 saturated heterocycles. The molecule has 0 bridgehead atoms. The maximum atomic E-state index is 13.3. The highest BCUT2D eigenvalue weighted by Crippen LogP contribution is 2.27. The minimum absolute atomic E-state index is 0.101. The van der Waals surface area contributed by atoms with E-state index < -0.39 is 0 Å². The highest BCUT2D eigenvalue weighted by atomic mass is 32.1. The van der Waals surface area contributed by atoms with E-state index in [0.29, 0.717) is 17.4 Å². The van der Waals surface area contributed by atoms with Crippen molar-refractivity contribution >= 4 is 29.2 Å². The fourth-order valence-electron chi connectivity index (χ4n) is 3.82. The fraction of sp³-hybridized carbons (Fsp3) is 0.478. The summed E-state index contributed by atoms with van der Waals surface area (Å²) >= 11 is 1.74. The fourth-order valence-corrected chi connectivity index (χ4v) is 4.74. The van der Waals surface area contributed by atoms with Crippen LogP contribution in [-0.4, -0.2) is 36.7 Å². The molecule has 0 N–H and O–H groups in total. The van der Waals surface area contributed by atoms with Crippen LogP contribution < -0.4 is 4.90 Å². The Morgan fingerprint density at radius 3 is 2.43 bits per heavy atom. The molecule has 3 rings (SSSR count). The second-order valence-corrected chi connectivity index (χ2v) is 9.11. The van der Waals surface area contributed by atoms with Gasteiger partial charge in [-0.05, 0) is 67.0 Å². The Balaban J connectivity index is 1.62. The average Bonchev–Trinajstić information content (AvgIpc) is 3.11. The van der Waals surface area contributed by atoms with Crippen LogP contribution in [0.25, 0.3) is 0 Å². The van der Waals surface area contributed by atoms with E-state index in [-0.39, 0.29) is 5.92 Å². The van der Waals surface area contributed by atoms with Crippen LogP contribution in [0.1, 0.15) is 47.5 Å². The highest BCUT2D eigenvalue weighted by Gasteiger charge is 2.29. The van der Waals surface area contributed by atoms with Crippen molar-refractivity contribution in [1.82, 2.24) is 4.90 Å². The first-order chi connectivity index (χ1) is 13.5. The van der Waals surface area contributed by atoms with Gasteiger partial charge < -0.3 is 9.80 Å². The van der Waals surface area contributed by atoms with Gasteiger partial charge >= 0.3 is 0 Å². The van der Waals surface area contributed by atoms with Crippen molar-refractivity contribution in [3.63, 3.8) is 0 Å². The molecule has 0 unspecified atom stereocenters. The van der Waals surface area contributed by atoms with E-state index >= 15 is 0 Å². The first-order valence-corrected chi connectivity index (χ1v) is 11.0. The molecule has 1 aliphatic rings. The number of benzene rings is 1. The molecule has 2 heterocycles. The smallest absolute Gasteiger partial charge is 0.226 e. The molecule has 0 aliphatic carbocycles. The zero-order chi connectivity index (χ0) is 20.1. The molecule has 5 heteroatoms. The molecule has 0 radical (unpaired) electrons. The van der Waals surface area contributed by atoms with Crippen LogP contribution in [0.5, 0.6) is 0 Å². The summed E-state index contributed by atoms with van der Waals surface area (Å²) < 4.78 is 0. The largest absolute Gasteiger partial charge is 0.371 e. The number of piperidine rings is 1. The quantitative estimate of drug-likeness (QED) is 0.631. The second kappa shape index (κ2) is 9.37. The van der Waals surface area contributed by atoms with Gasteiger partial charge in [0.2, 0.25) is 5.91 Å². The molecule has 150 valence electrons. The van der Waals surface area contributed by atoms with Gasteiger partial charge in [0.25, 0.3) is 0 Å². The first kappa shape index (κ1) is 20.6. The van der Waals surface area contributed by atoms with Crippen LogP contribution in [-0.2, 0) is 11.3 Å². The summed E-state index contributed by atoms with van der Waals surface area (Å²) in [5.41, 5.74) is 3.10. The van der Waals surface area contributed by atoms with Crippen LogP contribution in [0, 0.1) is 18.8 Å². The van der Waals surface area contributed by atoms with Crippen LogP contribution in [0.4, 0.5) is 5.69 Å². The van der Waals surface area contributed by atoms with Gasteiger partial charge in [0.15, 0.2) is 0 Å². The summed E-state index contributed by atoms with van der Waals surface area (Å²) in [6.45, 7) is 9.77. The lowest BCUT2D eigenvalue weighted by Crippen LogP contribution is -2.43. The van der Waals surface area contributed by atoms with Crippen molar-refractivity contribution in [2.24, 2.45) is 11.8 Å². The van der Waals surface area contributed by atoms with Crippen molar-refractivity contribution in [3.05, 3.63) is 51.7 Å². The number of aryl methyl sites for hydroxylation is 1.